The lowest BCUT2D eigenvalue weighted by atomic mass is 9.87. The first-order chi connectivity index (χ1) is 11.9. The van der Waals surface area contributed by atoms with Gasteiger partial charge in [0.2, 0.25) is 0 Å². The summed E-state index contributed by atoms with van der Waals surface area (Å²) in [5, 5.41) is 0.658. The highest BCUT2D eigenvalue weighted by Gasteiger charge is 2.12. The van der Waals surface area contributed by atoms with Gasteiger partial charge in [-0.15, -0.1) is 0 Å². The Morgan fingerprint density at radius 2 is 1.92 bits per heavy atom. The Kier molecular flexibility index (Phi) is 7.44. The normalized spacial score (nSPS) is 11.5. The van der Waals surface area contributed by atoms with Gasteiger partial charge < -0.3 is 9.72 Å². The molecule has 0 unspecified atom stereocenters. The van der Waals surface area contributed by atoms with Gasteiger partial charge in [-0.1, -0.05) is 51.6 Å². The summed E-state index contributed by atoms with van der Waals surface area (Å²) in [5.74, 6) is 3.38. The van der Waals surface area contributed by atoms with Crippen molar-refractivity contribution in [3.05, 3.63) is 51.9 Å². The van der Waals surface area contributed by atoms with Crippen molar-refractivity contribution in [2.45, 2.75) is 44.0 Å². The summed E-state index contributed by atoms with van der Waals surface area (Å²) in [6, 6.07) is 9.80. The summed E-state index contributed by atoms with van der Waals surface area (Å²) >= 11 is 3.27. The van der Waals surface area contributed by atoms with E-state index in [0.717, 1.165) is 28.7 Å². The molecule has 2 rings (SSSR count). The number of hydrogen-bond acceptors (Lipinski definition) is 5. The molecule has 0 aliphatic rings. The summed E-state index contributed by atoms with van der Waals surface area (Å²) < 4.78 is 5.78. The van der Waals surface area contributed by atoms with Gasteiger partial charge in [0.1, 0.15) is 5.75 Å². The Morgan fingerprint density at radius 3 is 2.56 bits per heavy atom. The van der Waals surface area contributed by atoms with Crippen LogP contribution in [0, 0.1) is 0 Å². The molecule has 0 atom stereocenters. The molecule has 0 fully saturated rings. The third kappa shape index (κ3) is 6.78. The summed E-state index contributed by atoms with van der Waals surface area (Å²) in [5.41, 5.74) is 2.17. The van der Waals surface area contributed by atoms with Crippen LogP contribution in [0.5, 0.6) is 5.75 Å². The fraction of sp³-hybridized carbons (Fsp3) is 0.474. The number of nitrogens with one attached hydrogen (secondary N) is 1. The second-order valence-corrected chi connectivity index (χ2v) is 9.01. The molecule has 1 heterocycles. The number of thioether (sulfide) groups is 2. The van der Waals surface area contributed by atoms with E-state index in [1.165, 1.54) is 17.3 Å². The molecule has 1 aromatic carbocycles. The maximum absolute atomic E-state index is 11.7. The van der Waals surface area contributed by atoms with Crippen LogP contribution in [0.1, 0.15) is 39.0 Å². The van der Waals surface area contributed by atoms with Crippen molar-refractivity contribution >= 4 is 23.5 Å². The molecule has 25 heavy (non-hydrogen) atoms. The molecule has 0 amide bonds. The van der Waals surface area contributed by atoms with Crippen LogP contribution in [0.2, 0.25) is 0 Å². The van der Waals surface area contributed by atoms with Crippen LogP contribution in [0.4, 0.5) is 0 Å². The van der Waals surface area contributed by atoms with Crippen molar-refractivity contribution in [3.8, 4) is 5.75 Å². The first-order valence-electron chi connectivity index (χ1n) is 8.42. The minimum Gasteiger partial charge on any atom is -0.493 e. The Balaban J connectivity index is 1.83. The average molecular weight is 379 g/mol. The lowest BCUT2D eigenvalue weighted by Crippen LogP contribution is -2.11. The van der Waals surface area contributed by atoms with Gasteiger partial charge in [0, 0.05) is 17.6 Å². The summed E-state index contributed by atoms with van der Waals surface area (Å²) in [4.78, 5) is 19.0. The van der Waals surface area contributed by atoms with Crippen LogP contribution in [0.15, 0.2) is 40.3 Å². The third-order valence-electron chi connectivity index (χ3n) is 3.54. The number of benzene rings is 1. The fourth-order valence-electron chi connectivity index (χ4n) is 2.18. The lowest BCUT2D eigenvalue weighted by Gasteiger charge is -2.19. The molecule has 1 N–H and O–H groups in total. The molecule has 0 saturated heterocycles. The zero-order valence-corrected chi connectivity index (χ0v) is 16.9. The minimum atomic E-state index is -0.0945. The van der Waals surface area contributed by atoms with Crippen LogP contribution in [0.25, 0.3) is 0 Å². The van der Waals surface area contributed by atoms with Gasteiger partial charge in [-0.25, -0.2) is 4.98 Å². The zero-order chi connectivity index (χ0) is 18.3. The largest absolute Gasteiger partial charge is 0.493 e. The molecule has 136 valence electrons. The second kappa shape index (κ2) is 9.34. The third-order valence-corrected chi connectivity index (χ3v) is 5.28. The Morgan fingerprint density at radius 1 is 1.20 bits per heavy atom. The highest BCUT2D eigenvalue weighted by molar-refractivity contribution is 7.99. The summed E-state index contributed by atoms with van der Waals surface area (Å²) in [6.07, 6.45) is 0. The molecular weight excluding hydrogens is 352 g/mol. The van der Waals surface area contributed by atoms with E-state index in [0.29, 0.717) is 11.8 Å². The maximum atomic E-state index is 11.7. The quantitative estimate of drug-likeness (QED) is 0.417. The van der Waals surface area contributed by atoms with Crippen molar-refractivity contribution in [1.82, 2.24) is 9.97 Å². The van der Waals surface area contributed by atoms with Crippen LogP contribution in [-0.2, 0) is 11.2 Å². The fourth-order valence-corrected chi connectivity index (χ4v) is 3.46. The number of aromatic nitrogens is 2. The lowest BCUT2D eigenvalue weighted by molar-refractivity contribution is 0.343. The molecule has 0 bridgehead atoms. The molecule has 4 nitrogen and oxygen atoms in total. The second-order valence-electron chi connectivity index (χ2n) is 6.65. The Hall–Kier alpha value is -1.40. The van der Waals surface area contributed by atoms with E-state index in [-0.39, 0.29) is 11.0 Å². The van der Waals surface area contributed by atoms with Crippen LogP contribution in [-0.4, -0.2) is 28.1 Å². The standard InChI is InChI=1S/C19H26N2O2S2/c1-5-24-13-15-12-17(22)21-18(20-15)25-11-10-23-16-8-6-14(7-9-16)19(2,3)4/h6-9,12H,5,10-11,13H2,1-4H3,(H,20,21,22). The first-order valence-corrected chi connectivity index (χ1v) is 10.6. The van der Waals surface area contributed by atoms with Gasteiger partial charge in [-0.2, -0.15) is 11.8 Å². The van der Waals surface area contributed by atoms with Gasteiger partial charge in [0.25, 0.3) is 5.56 Å². The van der Waals surface area contributed by atoms with E-state index in [4.69, 9.17) is 4.74 Å². The Bertz CT molecular complexity index is 721. The molecule has 0 aliphatic heterocycles. The number of nitrogens with zero attached hydrogens (tertiary/aromatic N) is 1. The molecule has 0 aliphatic carbocycles. The number of H-pyrrole nitrogens is 1. The number of aromatic amines is 1. The zero-order valence-electron chi connectivity index (χ0n) is 15.3. The predicted molar refractivity (Wildman–Crippen MR) is 108 cm³/mol. The van der Waals surface area contributed by atoms with Gasteiger partial charge in [-0.3, -0.25) is 4.79 Å². The summed E-state index contributed by atoms with van der Waals surface area (Å²) in [7, 11) is 0. The maximum Gasteiger partial charge on any atom is 0.251 e. The molecule has 0 spiro atoms. The molecule has 2 aromatic rings. The van der Waals surface area contributed by atoms with E-state index in [2.05, 4.69) is 49.8 Å². The van der Waals surface area contributed by atoms with Crippen molar-refractivity contribution < 1.29 is 4.74 Å². The van der Waals surface area contributed by atoms with Crippen molar-refractivity contribution in [2.24, 2.45) is 0 Å². The molecule has 0 radical (unpaired) electrons. The summed E-state index contributed by atoms with van der Waals surface area (Å²) in [6.45, 7) is 9.25. The van der Waals surface area contributed by atoms with Crippen molar-refractivity contribution in [1.29, 1.82) is 0 Å². The Labute approximate surface area is 158 Å². The van der Waals surface area contributed by atoms with E-state index in [1.807, 2.05) is 12.1 Å². The SMILES string of the molecule is CCSCc1cc(=O)[nH]c(SCCOc2ccc(C(C)(C)C)cc2)n1. The minimum absolute atomic E-state index is 0.0945. The van der Waals surface area contributed by atoms with Crippen molar-refractivity contribution in [2.75, 3.05) is 18.1 Å². The van der Waals surface area contributed by atoms with Gasteiger partial charge >= 0.3 is 0 Å². The van der Waals surface area contributed by atoms with E-state index in [1.54, 1.807) is 17.8 Å². The first kappa shape index (κ1) is 19.9. The highest BCUT2D eigenvalue weighted by Crippen LogP contribution is 2.24. The topological polar surface area (TPSA) is 55.0 Å². The van der Waals surface area contributed by atoms with E-state index >= 15 is 0 Å². The predicted octanol–water partition coefficient (Wildman–Crippen LogP) is 4.49. The smallest absolute Gasteiger partial charge is 0.251 e. The highest BCUT2D eigenvalue weighted by atomic mass is 32.2. The molecule has 6 heteroatoms. The van der Waals surface area contributed by atoms with Crippen LogP contribution in [0.3, 0.4) is 0 Å². The van der Waals surface area contributed by atoms with Gasteiger partial charge in [0.15, 0.2) is 5.16 Å². The molecule has 1 aromatic heterocycles. The van der Waals surface area contributed by atoms with E-state index in [9.17, 15) is 4.79 Å². The number of ether oxygens (including phenoxy) is 1. The van der Waals surface area contributed by atoms with Crippen LogP contribution < -0.4 is 10.3 Å². The van der Waals surface area contributed by atoms with Crippen molar-refractivity contribution in [3.63, 3.8) is 0 Å². The monoisotopic (exact) mass is 378 g/mol. The average Bonchev–Trinajstić information content (AvgIpc) is 2.56. The van der Waals surface area contributed by atoms with E-state index < -0.39 is 0 Å². The molecular formula is C19H26N2O2S2. The van der Waals surface area contributed by atoms with Gasteiger partial charge in [-0.05, 0) is 28.9 Å². The molecule has 0 saturated carbocycles. The van der Waals surface area contributed by atoms with Gasteiger partial charge in [0.05, 0.1) is 12.3 Å². The number of hydrogen-bond donors (Lipinski definition) is 1. The number of rotatable bonds is 8. The van der Waals surface area contributed by atoms with Crippen LogP contribution >= 0.6 is 23.5 Å².